The highest BCUT2D eigenvalue weighted by Crippen LogP contribution is 2.04. The van der Waals surface area contributed by atoms with Gasteiger partial charge in [0.2, 0.25) is 10.0 Å². The topological polar surface area (TPSA) is 76.1 Å². The molecule has 1 rings (SSSR count). The van der Waals surface area contributed by atoms with Crippen LogP contribution in [-0.4, -0.2) is 25.9 Å². The Hall–Kier alpha value is -1.43. The highest BCUT2D eigenvalue weighted by atomic mass is 32.2. The predicted octanol–water partition coefficient (Wildman–Crippen LogP) is 0.266. The van der Waals surface area contributed by atoms with E-state index in [0.29, 0.717) is 11.8 Å². The van der Waals surface area contributed by atoms with Gasteiger partial charge in [-0.25, -0.2) is 13.4 Å². The molecule has 6 heteroatoms. The quantitative estimate of drug-likeness (QED) is 0.710. The summed E-state index contributed by atoms with van der Waals surface area (Å²) in [6.07, 6.45) is 2.96. The molecule has 1 aromatic heterocycles. The average molecular weight is 200 g/mol. The van der Waals surface area contributed by atoms with Crippen LogP contribution in [0.5, 0.6) is 0 Å². The zero-order valence-corrected chi connectivity index (χ0v) is 7.71. The summed E-state index contributed by atoms with van der Waals surface area (Å²) in [4.78, 5) is 13.9. The molecular weight excluding hydrogens is 192 g/mol. The molecule has 0 amide bonds. The molecule has 0 spiro atoms. The Balaban J connectivity index is 2.87. The van der Waals surface area contributed by atoms with Crippen molar-refractivity contribution in [2.24, 2.45) is 0 Å². The Morgan fingerprint density at radius 2 is 2.15 bits per heavy atom. The molecule has 0 unspecified atom stereocenters. The summed E-state index contributed by atoms with van der Waals surface area (Å²) < 4.78 is 23.6. The lowest BCUT2D eigenvalue weighted by molar-refractivity contribution is 0.112. The third-order valence-corrected chi connectivity index (χ3v) is 1.79. The fourth-order valence-corrected chi connectivity index (χ4v) is 1.23. The van der Waals surface area contributed by atoms with Crippen LogP contribution in [0.2, 0.25) is 0 Å². The Bertz CT molecular complexity index is 396. The summed E-state index contributed by atoms with van der Waals surface area (Å²) in [5, 5.41) is 0. The van der Waals surface area contributed by atoms with Crippen molar-refractivity contribution in [1.82, 2.24) is 4.98 Å². The van der Waals surface area contributed by atoms with Gasteiger partial charge in [0.25, 0.3) is 0 Å². The summed E-state index contributed by atoms with van der Waals surface area (Å²) in [6.45, 7) is 0. The van der Waals surface area contributed by atoms with Crippen LogP contribution >= 0.6 is 0 Å². The van der Waals surface area contributed by atoms with Crippen molar-refractivity contribution in [2.75, 3.05) is 11.0 Å². The lowest BCUT2D eigenvalue weighted by atomic mass is 10.3. The van der Waals surface area contributed by atoms with Gasteiger partial charge in [0, 0.05) is 11.8 Å². The van der Waals surface area contributed by atoms with Gasteiger partial charge in [0.05, 0.1) is 6.26 Å². The van der Waals surface area contributed by atoms with Gasteiger partial charge < -0.3 is 0 Å². The van der Waals surface area contributed by atoms with Gasteiger partial charge in [-0.15, -0.1) is 0 Å². The molecule has 1 N–H and O–H groups in total. The van der Waals surface area contributed by atoms with E-state index in [2.05, 4.69) is 9.71 Å². The largest absolute Gasteiger partial charge is 0.298 e. The fourth-order valence-electron chi connectivity index (χ4n) is 0.725. The molecule has 0 radical (unpaired) electrons. The summed E-state index contributed by atoms with van der Waals surface area (Å²) in [5.41, 5.74) is 0.402. The normalized spacial score (nSPS) is 10.8. The Morgan fingerprint density at radius 3 is 2.54 bits per heavy atom. The molecule has 13 heavy (non-hydrogen) atoms. The van der Waals surface area contributed by atoms with Crippen molar-refractivity contribution < 1.29 is 13.2 Å². The molecule has 0 fully saturated rings. The van der Waals surface area contributed by atoms with Gasteiger partial charge in [-0.3, -0.25) is 9.52 Å². The maximum absolute atomic E-state index is 10.7. The van der Waals surface area contributed by atoms with Gasteiger partial charge >= 0.3 is 0 Å². The van der Waals surface area contributed by atoms with Crippen LogP contribution in [0, 0.1) is 0 Å². The van der Waals surface area contributed by atoms with Crippen LogP contribution in [-0.2, 0) is 10.0 Å². The number of rotatable bonds is 3. The van der Waals surface area contributed by atoms with Crippen molar-refractivity contribution in [1.29, 1.82) is 0 Å². The molecule has 70 valence electrons. The molecule has 5 nitrogen and oxygen atoms in total. The second-order valence-corrected chi connectivity index (χ2v) is 4.22. The summed E-state index contributed by atoms with van der Waals surface area (Å²) >= 11 is 0. The molecule has 0 aromatic carbocycles. The van der Waals surface area contributed by atoms with Crippen LogP contribution < -0.4 is 4.72 Å². The summed E-state index contributed by atoms with van der Waals surface area (Å²) in [7, 11) is -3.30. The monoisotopic (exact) mass is 200 g/mol. The number of pyridine rings is 1. The zero-order chi connectivity index (χ0) is 9.90. The van der Waals surface area contributed by atoms with E-state index in [1.54, 1.807) is 0 Å². The third-order valence-electron chi connectivity index (χ3n) is 1.21. The van der Waals surface area contributed by atoms with E-state index in [1.807, 2.05) is 0 Å². The van der Waals surface area contributed by atoms with Crippen LogP contribution in [0.3, 0.4) is 0 Å². The number of aromatic nitrogens is 1. The van der Waals surface area contributed by atoms with Crippen LogP contribution in [0.1, 0.15) is 10.4 Å². The number of anilines is 1. The molecule has 0 aliphatic heterocycles. The highest BCUT2D eigenvalue weighted by molar-refractivity contribution is 7.92. The Labute approximate surface area is 75.9 Å². The van der Waals surface area contributed by atoms with Crippen LogP contribution in [0.4, 0.5) is 5.82 Å². The van der Waals surface area contributed by atoms with E-state index in [-0.39, 0.29) is 5.82 Å². The number of carbonyl (C=O) groups is 1. The van der Waals surface area contributed by atoms with Crippen molar-refractivity contribution in [2.45, 2.75) is 0 Å². The Kier molecular flexibility index (Phi) is 2.62. The minimum atomic E-state index is -3.30. The summed E-state index contributed by atoms with van der Waals surface area (Å²) in [6, 6.07) is 2.90. The van der Waals surface area contributed by atoms with Gasteiger partial charge in [0.1, 0.15) is 5.82 Å². The highest BCUT2D eigenvalue weighted by Gasteiger charge is 2.01. The van der Waals surface area contributed by atoms with Gasteiger partial charge in [-0.05, 0) is 12.1 Å². The molecule has 0 atom stereocenters. The molecule has 1 aromatic rings. The summed E-state index contributed by atoms with van der Waals surface area (Å²) in [5.74, 6) is 0.202. The molecule has 0 saturated heterocycles. The first-order valence-electron chi connectivity index (χ1n) is 3.40. The third kappa shape index (κ3) is 3.20. The maximum Gasteiger partial charge on any atom is 0.230 e. The molecular formula is C7H8N2O3S. The van der Waals surface area contributed by atoms with Crippen molar-refractivity contribution in [3.8, 4) is 0 Å². The smallest absolute Gasteiger partial charge is 0.230 e. The van der Waals surface area contributed by atoms with Gasteiger partial charge in [-0.1, -0.05) is 0 Å². The minimum Gasteiger partial charge on any atom is -0.298 e. The zero-order valence-electron chi connectivity index (χ0n) is 6.89. The lowest BCUT2D eigenvalue weighted by Crippen LogP contribution is -2.10. The first-order chi connectivity index (χ1) is 6.01. The van der Waals surface area contributed by atoms with Gasteiger partial charge in [0.15, 0.2) is 6.29 Å². The number of nitrogens with one attached hydrogen (secondary N) is 1. The molecule has 0 aliphatic rings. The average Bonchev–Trinajstić information content (AvgIpc) is 2.03. The lowest BCUT2D eigenvalue weighted by Gasteiger charge is -2.01. The number of carbonyl (C=O) groups excluding carboxylic acids is 1. The molecule has 0 saturated carbocycles. The van der Waals surface area contributed by atoms with Crippen molar-refractivity contribution >= 4 is 22.1 Å². The minimum absolute atomic E-state index is 0.202. The van der Waals surface area contributed by atoms with Crippen molar-refractivity contribution in [3.05, 3.63) is 23.9 Å². The number of aldehydes is 1. The standard InChI is InChI=1S/C7H8N2O3S/c1-13(11,12)9-7-3-2-6(5-10)4-8-7/h2-5H,1H3,(H,8,9). The SMILES string of the molecule is CS(=O)(=O)Nc1ccc(C=O)cn1. The van der Waals surface area contributed by atoms with E-state index in [0.717, 1.165) is 6.26 Å². The van der Waals surface area contributed by atoms with E-state index < -0.39 is 10.0 Å². The fraction of sp³-hybridized carbons (Fsp3) is 0.143. The predicted molar refractivity (Wildman–Crippen MR) is 48.1 cm³/mol. The maximum atomic E-state index is 10.7. The molecule has 0 aliphatic carbocycles. The van der Waals surface area contributed by atoms with E-state index in [9.17, 15) is 13.2 Å². The molecule has 0 bridgehead atoms. The first-order valence-corrected chi connectivity index (χ1v) is 5.29. The number of nitrogens with zero attached hydrogens (tertiary/aromatic N) is 1. The van der Waals surface area contributed by atoms with Crippen LogP contribution in [0.25, 0.3) is 0 Å². The van der Waals surface area contributed by atoms with Gasteiger partial charge in [-0.2, -0.15) is 0 Å². The van der Waals surface area contributed by atoms with E-state index in [4.69, 9.17) is 0 Å². The number of hydrogen-bond donors (Lipinski definition) is 1. The number of sulfonamides is 1. The second-order valence-electron chi connectivity index (χ2n) is 2.47. The van der Waals surface area contributed by atoms with E-state index >= 15 is 0 Å². The van der Waals surface area contributed by atoms with E-state index in [1.165, 1.54) is 18.3 Å². The molecule has 1 heterocycles. The van der Waals surface area contributed by atoms with Crippen molar-refractivity contribution in [3.63, 3.8) is 0 Å². The Morgan fingerprint density at radius 1 is 1.46 bits per heavy atom. The number of hydrogen-bond acceptors (Lipinski definition) is 4. The first kappa shape index (κ1) is 9.66. The second kappa shape index (κ2) is 3.53. The van der Waals surface area contributed by atoms with Crippen LogP contribution in [0.15, 0.2) is 18.3 Å².